The topological polar surface area (TPSA) is 86.8 Å². The Morgan fingerprint density at radius 1 is 0.844 bits per heavy atom. The average molecular weight is 671 g/mol. The van der Waals surface area contributed by atoms with E-state index in [-0.39, 0.29) is 28.6 Å². The minimum Gasteiger partial charge on any atom is -0.350 e. The van der Waals surface area contributed by atoms with E-state index in [9.17, 15) is 22.4 Å². The molecule has 4 rings (SSSR count). The van der Waals surface area contributed by atoms with Gasteiger partial charge in [-0.05, 0) is 74.4 Å². The van der Waals surface area contributed by atoms with Crippen LogP contribution < -0.4 is 9.62 Å². The molecule has 7 nitrogen and oxygen atoms in total. The molecule has 0 spiro atoms. The fraction of sp³-hybridized carbons (Fsp3) is 0.235. The van der Waals surface area contributed by atoms with Gasteiger partial charge in [0.05, 0.1) is 15.6 Å². The predicted molar refractivity (Wildman–Crippen MR) is 176 cm³/mol. The third-order valence-corrected chi connectivity index (χ3v) is 9.13. The molecule has 0 unspecified atom stereocenters. The average Bonchev–Trinajstić information content (AvgIpc) is 2.99. The van der Waals surface area contributed by atoms with Gasteiger partial charge in [-0.1, -0.05) is 83.9 Å². The fourth-order valence-corrected chi connectivity index (χ4v) is 6.54. The first-order valence-corrected chi connectivity index (χ1v) is 16.4. The van der Waals surface area contributed by atoms with Gasteiger partial charge in [-0.25, -0.2) is 12.8 Å². The lowest BCUT2D eigenvalue weighted by molar-refractivity contribution is -0.140. The molecule has 236 valence electrons. The van der Waals surface area contributed by atoms with Crippen LogP contribution >= 0.6 is 23.2 Å². The van der Waals surface area contributed by atoms with Crippen molar-refractivity contribution in [2.75, 3.05) is 10.8 Å². The smallest absolute Gasteiger partial charge is 0.264 e. The molecule has 0 fully saturated rings. The van der Waals surface area contributed by atoms with Crippen molar-refractivity contribution in [3.63, 3.8) is 0 Å². The lowest BCUT2D eigenvalue weighted by Gasteiger charge is -2.35. The zero-order chi connectivity index (χ0) is 32.8. The standard InChI is InChI=1S/C34H34Cl2FN3O4S/c1-34(2,3)38-33(42)31(20-24-11-6-4-7-12-24)39(22-25-13-10-14-26(35)19-25)32(41)23-40(27-17-18-30(37)29(36)21-27)45(43,44)28-15-8-5-9-16-28/h4-19,21,31H,20,22-23H2,1-3H3,(H,38,42)/t31-/m0/s1. The number of nitrogens with zero attached hydrogens (tertiary/aromatic N) is 2. The third kappa shape index (κ3) is 9.06. The van der Waals surface area contributed by atoms with Gasteiger partial charge in [0.15, 0.2) is 0 Å². The molecule has 0 heterocycles. The minimum absolute atomic E-state index is 0.0138. The molecule has 1 atom stereocenters. The summed E-state index contributed by atoms with van der Waals surface area (Å²) in [4.78, 5) is 29.6. The maximum atomic E-state index is 14.4. The number of sulfonamides is 1. The Hall–Kier alpha value is -3.92. The van der Waals surface area contributed by atoms with Gasteiger partial charge in [0.2, 0.25) is 11.8 Å². The second-order valence-corrected chi connectivity index (χ2v) is 14.2. The highest BCUT2D eigenvalue weighted by atomic mass is 35.5. The van der Waals surface area contributed by atoms with Gasteiger partial charge in [0.25, 0.3) is 10.0 Å². The summed E-state index contributed by atoms with van der Waals surface area (Å²) in [5, 5.41) is 3.11. The number of hydrogen-bond donors (Lipinski definition) is 1. The second-order valence-electron chi connectivity index (χ2n) is 11.5. The van der Waals surface area contributed by atoms with Crippen LogP contribution in [0, 0.1) is 5.82 Å². The molecule has 0 aliphatic carbocycles. The first-order chi connectivity index (χ1) is 21.2. The van der Waals surface area contributed by atoms with Gasteiger partial charge in [-0.3, -0.25) is 13.9 Å². The summed E-state index contributed by atoms with van der Waals surface area (Å²) in [5.41, 5.74) is 0.805. The first kappa shape index (κ1) is 34.0. The second kappa shape index (κ2) is 14.5. The van der Waals surface area contributed by atoms with E-state index >= 15 is 0 Å². The van der Waals surface area contributed by atoms with Crippen molar-refractivity contribution in [2.24, 2.45) is 0 Å². The quantitative estimate of drug-likeness (QED) is 0.189. The third-order valence-electron chi connectivity index (χ3n) is 6.81. The Balaban J connectivity index is 1.83. The monoisotopic (exact) mass is 669 g/mol. The summed E-state index contributed by atoms with van der Waals surface area (Å²) in [5.74, 6) is -1.82. The Bertz CT molecular complexity index is 1750. The van der Waals surface area contributed by atoms with Gasteiger partial charge in [-0.15, -0.1) is 0 Å². The van der Waals surface area contributed by atoms with Crippen molar-refractivity contribution in [3.05, 3.63) is 130 Å². The minimum atomic E-state index is -4.34. The Morgan fingerprint density at radius 3 is 2.07 bits per heavy atom. The summed E-state index contributed by atoms with van der Waals surface area (Å²) in [7, 11) is -4.34. The van der Waals surface area contributed by atoms with Crippen LogP contribution in [-0.2, 0) is 32.6 Å². The van der Waals surface area contributed by atoms with E-state index < -0.39 is 45.8 Å². The molecule has 4 aromatic carbocycles. The Kier molecular flexibility index (Phi) is 10.9. The van der Waals surface area contributed by atoms with Crippen LogP contribution in [0.5, 0.6) is 0 Å². The summed E-state index contributed by atoms with van der Waals surface area (Å²) < 4.78 is 43.0. The van der Waals surface area contributed by atoms with E-state index in [1.165, 1.54) is 23.1 Å². The zero-order valence-electron chi connectivity index (χ0n) is 25.1. The van der Waals surface area contributed by atoms with Gasteiger partial charge in [0.1, 0.15) is 18.4 Å². The maximum Gasteiger partial charge on any atom is 0.264 e. The first-order valence-electron chi connectivity index (χ1n) is 14.2. The number of benzene rings is 4. The van der Waals surface area contributed by atoms with Crippen LogP contribution in [0.15, 0.2) is 108 Å². The number of carbonyl (C=O) groups excluding carboxylic acids is 2. The molecule has 0 aliphatic heterocycles. The van der Waals surface area contributed by atoms with Crippen molar-refractivity contribution in [1.82, 2.24) is 10.2 Å². The van der Waals surface area contributed by atoms with Crippen molar-refractivity contribution in [2.45, 2.75) is 50.2 Å². The predicted octanol–water partition coefficient (Wildman–Crippen LogP) is 6.88. The number of halogens is 3. The van der Waals surface area contributed by atoms with Gasteiger partial charge < -0.3 is 10.2 Å². The normalized spacial score (nSPS) is 12.3. The van der Waals surface area contributed by atoms with E-state index in [0.717, 1.165) is 22.0 Å². The van der Waals surface area contributed by atoms with Crippen molar-refractivity contribution in [1.29, 1.82) is 0 Å². The van der Waals surface area contributed by atoms with Crippen LogP contribution in [0.3, 0.4) is 0 Å². The number of rotatable bonds is 11. The van der Waals surface area contributed by atoms with Crippen LogP contribution in [0.4, 0.5) is 10.1 Å². The van der Waals surface area contributed by atoms with E-state index in [0.29, 0.717) is 10.6 Å². The largest absolute Gasteiger partial charge is 0.350 e. The van der Waals surface area contributed by atoms with Crippen LogP contribution in [0.1, 0.15) is 31.9 Å². The zero-order valence-corrected chi connectivity index (χ0v) is 27.4. The molecule has 0 saturated carbocycles. The van der Waals surface area contributed by atoms with E-state index in [1.54, 1.807) is 42.5 Å². The number of hydrogen-bond acceptors (Lipinski definition) is 4. The number of carbonyl (C=O) groups is 2. The summed E-state index contributed by atoms with van der Waals surface area (Å²) in [6.45, 7) is 4.76. The summed E-state index contributed by atoms with van der Waals surface area (Å²) >= 11 is 12.3. The molecule has 0 saturated heterocycles. The van der Waals surface area contributed by atoms with E-state index in [1.807, 2.05) is 51.1 Å². The number of nitrogens with one attached hydrogen (secondary N) is 1. The SMILES string of the molecule is CC(C)(C)NC(=O)[C@H](Cc1ccccc1)N(Cc1cccc(Cl)c1)C(=O)CN(c1ccc(F)c(Cl)c1)S(=O)(=O)c1ccccc1. The fourth-order valence-electron chi connectivity index (χ4n) is 4.73. The van der Waals surface area contributed by atoms with E-state index in [4.69, 9.17) is 23.2 Å². The van der Waals surface area contributed by atoms with Gasteiger partial charge in [-0.2, -0.15) is 0 Å². The molecular weight excluding hydrogens is 636 g/mol. The van der Waals surface area contributed by atoms with Crippen molar-refractivity contribution < 1.29 is 22.4 Å². The summed E-state index contributed by atoms with van der Waals surface area (Å²) in [6.07, 6.45) is 0.156. The molecule has 1 N–H and O–H groups in total. The molecule has 0 radical (unpaired) electrons. The lowest BCUT2D eigenvalue weighted by Crippen LogP contribution is -2.56. The lowest BCUT2D eigenvalue weighted by atomic mass is 10.0. The highest BCUT2D eigenvalue weighted by Crippen LogP contribution is 2.29. The van der Waals surface area contributed by atoms with Crippen molar-refractivity contribution >= 4 is 50.7 Å². The highest BCUT2D eigenvalue weighted by molar-refractivity contribution is 7.92. The molecule has 45 heavy (non-hydrogen) atoms. The molecule has 2 amide bonds. The number of amides is 2. The molecule has 0 aliphatic rings. The Morgan fingerprint density at radius 2 is 1.47 bits per heavy atom. The van der Waals surface area contributed by atoms with Gasteiger partial charge in [0, 0.05) is 23.5 Å². The molecular formula is C34H34Cl2FN3O4S. The maximum absolute atomic E-state index is 14.4. The van der Waals surface area contributed by atoms with Crippen LogP contribution in [-0.4, -0.2) is 43.3 Å². The van der Waals surface area contributed by atoms with E-state index in [2.05, 4.69) is 5.32 Å². The van der Waals surface area contributed by atoms with Crippen LogP contribution in [0.25, 0.3) is 0 Å². The highest BCUT2D eigenvalue weighted by Gasteiger charge is 2.35. The Labute approximate surface area is 273 Å². The molecule has 4 aromatic rings. The molecule has 0 bridgehead atoms. The molecule has 0 aromatic heterocycles. The number of anilines is 1. The van der Waals surface area contributed by atoms with Crippen LogP contribution in [0.2, 0.25) is 10.0 Å². The van der Waals surface area contributed by atoms with Gasteiger partial charge >= 0.3 is 0 Å². The summed E-state index contributed by atoms with van der Waals surface area (Å²) in [6, 6.07) is 26.1. The van der Waals surface area contributed by atoms with Crippen molar-refractivity contribution in [3.8, 4) is 0 Å². The molecule has 11 heteroatoms.